The van der Waals surface area contributed by atoms with Crippen molar-refractivity contribution in [2.45, 2.75) is 152 Å². The number of benzene rings is 1. The lowest BCUT2D eigenvalue weighted by atomic mass is 9.95. The Morgan fingerprint density at radius 2 is 1.27 bits per heavy atom. The largest absolute Gasteiger partial charge is 0.508 e. The number of carbonyl (C=O) groups excluding carboxylic acids is 4. The molecule has 448 valence electrons. The smallest absolute Gasteiger partial charge is 0.270 e. The van der Waals surface area contributed by atoms with Crippen LogP contribution in [0.25, 0.3) is 0 Å². The van der Waals surface area contributed by atoms with E-state index in [1.165, 1.54) is 37.3 Å². The highest BCUT2D eigenvalue weighted by Gasteiger charge is 2.31. The molecule has 7 N–H and O–H groups in total. The van der Waals surface area contributed by atoms with E-state index in [1.54, 1.807) is 17.5 Å². The molecule has 19 nitrogen and oxygen atoms in total. The molecule has 0 saturated carbocycles. The fourth-order valence-electron chi connectivity index (χ4n) is 7.40. The molecule has 1 aromatic carbocycles. The minimum absolute atomic E-state index is 0.0425. The number of nitrogens with two attached hydrogens (primary N) is 2. The van der Waals surface area contributed by atoms with Crippen LogP contribution in [0.15, 0.2) is 29.6 Å². The van der Waals surface area contributed by atoms with E-state index in [1.807, 2.05) is 37.8 Å². The minimum atomic E-state index is -0.423. The molecule has 0 saturated heterocycles. The first-order valence-electron chi connectivity index (χ1n) is 28.5. The second-order valence-electron chi connectivity index (χ2n) is 18.5. The summed E-state index contributed by atoms with van der Waals surface area (Å²) in [5, 5.41) is 18.4. The molecule has 0 aliphatic heterocycles. The Balaban J connectivity index is 0. The van der Waals surface area contributed by atoms with Crippen molar-refractivity contribution in [2.75, 3.05) is 126 Å². The number of aromatic hydroxyl groups is 1. The molecule has 0 aliphatic rings. The summed E-state index contributed by atoms with van der Waals surface area (Å²) >= 11 is 1.39. The maximum Gasteiger partial charge on any atom is 0.270 e. The molecule has 0 fully saturated rings. The molecule has 0 bridgehead atoms. The van der Waals surface area contributed by atoms with Crippen molar-refractivity contribution >= 4 is 35.5 Å². The lowest BCUT2D eigenvalue weighted by Gasteiger charge is -2.36. The van der Waals surface area contributed by atoms with E-state index in [0.29, 0.717) is 136 Å². The normalized spacial score (nSPS) is 12.5. The van der Waals surface area contributed by atoms with E-state index in [9.17, 15) is 19.5 Å². The van der Waals surface area contributed by atoms with Gasteiger partial charge in [0, 0.05) is 62.5 Å². The number of primary amides is 1. The van der Waals surface area contributed by atoms with Crippen LogP contribution in [-0.2, 0) is 54.0 Å². The Morgan fingerprint density at radius 1 is 0.740 bits per heavy atom. The number of ether oxygens (including phenoxy) is 7. The number of nitrogens with zero attached hydrogens (tertiary/aromatic N) is 3. The standard InChI is InChI=1S/C47H81N5O11S.C7H17N.C2H6.CH3NO/c1-7-10-11-44(54)52(18-8-2)42(36(4)5)34-43(63-19-9-3)47-51-41(35-64-47)46(56)50-39(33-38-12-14-40(53)15-13-38)32-37(6)45(55)49-17-21-58-23-25-60-27-29-62-31-30-61-28-26-59-24-22-57-20-16-48;1-4-6-7-8(3)5-2;1-2;2-1-3/h12-15,35-37,39,42-43,53H,7-11,16-34,48H2,1-6H3,(H,49,55)(H,50,56);4-7H2,1-3H3;1-2H3;1H,(H2,2,3)/t37-,39?,42?,43?;;;/m0.../s1. The molecule has 4 amide bonds. The van der Waals surface area contributed by atoms with Gasteiger partial charge in [0.1, 0.15) is 22.6 Å². The van der Waals surface area contributed by atoms with Gasteiger partial charge in [0.25, 0.3) is 5.91 Å². The van der Waals surface area contributed by atoms with Gasteiger partial charge < -0.3 is 70.2 Å². The average molecular weight is 1110 g/mol. The number of hydrogen-bond donors (Lipinski definition) is 5. The summed E-state index contributed by atoms with van der Waals surface area (Å²) in [4.78, 5) is 58.1. The molecule has 1 heterocycles. The van der Waals surface area contributed by atoms with E-state index in [2.05, 4.69) is 76.8 Å². The van der Waals surface area contributed by atoms with Gasteiger partial charge in [0.05, 0.1) is 79.3 Å². The number of phenolic OH excluding ortho intramolecular Hbond substituents is 1. The third-order valence-corrected chi connectivity index (χ3v) is 12.6. The van der Waals surface area contributed by atoms with Gasteiger partial charge in [-0.1, -0.05) is 94.2 Å². The number of aromatic nitrogens is 1. The highest BCUT2D eigenvalue weighted by Crippen LogP contribution is 2.31. The van der Waals surface area contributed by atoms with Crippen LogP contribution in [-0.4, -0.2) is 182 Å². The van der Waals surface area contributed by atoms with Crippen molar-refractivity contribution < 1.29 is 57.4 Å². The lowest BCUT2D eigenvalue weighted by molar-refractivity contribution is -0.136. The van der Waals surface area contributed by atoms with Crippen molar-refractivity contribution in [1.29, 1.82) is 0 Å². The number of thiazole rings is 1. The molecular formula is C57H107N7O12S. The number of unbranched alkanes of at least 4 members (excludes halogenated alkanes) is 2. The summed E-state index contributed by atoms with van der Waals surface area (Å²) in [5.74, 6) is -0.398. The average Bonchev–Trinajstić information content (AvgIpc) is 3.93. The minimum Gasteiger partial charge on any atom is -0.508 e. The van der Waals surface area contributed by atoms with E-state index in [0.717, 1.165) is 31.2 Å². The van der Waals surface area contributed by atoms with E-state index in [-0.39, 0.29) is 53.6 Å². The van der Waals surface area contributed by atoms with E-state index >= 15 is 0 Å². The number of nitrogens with one attached hydrogen (secondary N) is 2. The molecule has 0 radical (unpaired) electrons. The van der Waals surface area contributed by atoms with Crippen LogP contribution >= 0.6 is 11.3 Å². The highest BCUT2D eigenvalue weighted by molar-refractivity contribution is 7.09. The van der Waals surface area contributed by atoms with Crippen LogP contribution in [0.4, 0.5) is 0 Å². The Hall–Kier alpha value is -3.83. The zero-order chi connectivity index (χ0) is 57.9. The Bertz CT molecular complexity index is 1680. The van der Waals surface area contributed by atoms with Gasteiger partial charge in [-0.05, 0) is 82.3 Å². The summed E-state index contributed by atoms with van der Waals surface area (Å²) < 4.78 is 39.2. The van der Waals surface area contributed by atoms with Crippen molar-refractivity contribution in [2.24, 2.45) is 23.3 Å². The highest BCUT2D eigenvalue weighted by atomic mass is 32.1. The van der Waals surface area contributed by atoms with Crippen LogP contribution in [0.1, 0.15) is 154 Å². The van der Waals surface area contributed by atoms with Crippen molar-refractivity contribution in [3.63, 3.8) is 0 Å². The van der Waals surface area contributed by atoms with Crippen molar-refractivity contribution in [3.05, 3.63) is 45.9 Å². The zero-order valence-corrected chi connectivity index (χ0v) is 50.3. The summed E-state index contributed by atoms with van der Waals surface area (Å²) in [5.41, 5.74) is 10.7. The monoisotopic (exact) mass is 1110 g/mol. The summed E-state index contributed by atoms with van der Waals surface area (Å²) in [6.07, 6.45) is 7.95. The topological polar surface area (TPSA) is 249 Å². The maximum absolute atomic E-state index is 13.8. The second-order valence-corrected chi connectivity index (χ2v) is 19.4. The van der Waals surface area contributed by atoms with Crippen LogP contribution < -0.4 is 22.1 Å². The third-order valence-electron chi connectivity index (χ3n) is 11.6. The van der Waals surface area contributed by atoms with Gasteiger partial charge in [-0.25, -0.2) is 4.98 Å². The number of phenols is 1. The van der Waals surface area contributed by atoms with Gasteiger partial charge in [0.15, 0.2) is 0 Å². The summed E-state index contributed by atoms with van der Waals surface area (Å²) in [6.45, 7) is 30.7. The molecule has 1 aromatic heterocycles. The Morgan fingerprint density at radius 3 is 1.75 bits per heavy atom. The molecule has 2 aromatic rings. The maximum atomic E-state index is 13.8. The first-order chi connectivity index (χ1) is 37.3. The number of amides is 4. The zero-order valence-electron chi connectivity index (χ0n) is 49.5. The lowest BCUT2D eigenvalue weighted by Crippen LogP contribution is -2.44. The van der Waals surface area contributed by atoms with Gasteiger partial charge >= 0.3 is 0 Å². The van der Waals surface area contributed by atoms with Crippen LogP contribution in [0.2, 0.25) is 0 Å². The van der Waals surface area contributed by atoms with Gasteiger partial charge in [-0.15, -0.1) is 11.3 Å². The first kappa shape index (κ1) is 75.2. The number of carbonyl (C=O) groups is 4. The van der Waals surface area contributed by atoms with E-state index in [4.69, 9.17) is 48.7 Å². The van der Waals surface area contributed by atoms with Crippen LogP contribution in [0.5, 0.6) is 5.75 Å². The second kappa shape index (κ2) is 52.8. The Kier molecular flexibility index (Phi) is 51.6. The van der Waals surface area contributed by atoms with Gasteiger partial charge in [0.2, 0.25) is 18.2 Å². The number of hydrogen-bond acceptors (Lipinski definition) is 16. The van der Waals surface area contributed by atoms with Gasteiger partial charge in [-0.3, -0.25) is 19.2 Å². The molecule has 0 spiro atoms. The first-order valence-corrected chi connectivity index (χ1v) is 29.4. The molecule has 0 aliphatic carbocycles. The van der Waals surface area contributed by atoms with Crippen molar-refractivity contribution in [3.8, 4) is 5.75 Å². The van der Waals surface area contributed by atoms with E-state index < -0.39 is 12.0 Å². The van der Waals surface area contributed by atoms with Crippen LogP contribution in [0.3, 0.4) is 0 Å². The fourth-order valence-corrected chi connectivity index (χ4v) is 8.26. The van der Waals surface area contributed by atoms with Crippen molar-refractivity contribution in [1.82, 2.24) is 25.4 Å². The predicted octanol–water partition coefficient (Wildman–Crippen LogP) is 7.57. The molecule has 20 heteroatoms. The van der Waals surface area contributed by atoms with Crippen LogP contribution in [0, 0.1) is 11.8 Å². The molecular weight excluding hydrogens is 1010 g/mol. The predicted molar refractivity (Wildman–Crippen MR) is 309 cm³/mol. The third kappa shape index (κ3) is 40.1. The number of rotatable bonds is 44. The fraction of sp³-hybridized carbons (Fsp3) is 0.772. The van der Waals surface area contributed by atoms with Gasteiger partial charge in [-0.2, -0.15) is 0 Å². The molecule has 3 unspecified atom stereocenters. The SMILES string of the molecule is CC.CCCCC(=O)N(CCC)C(CC(OCCC)c1nc(C(=O)NC(Cc2ccc(O)cc2)C[C@H](C)C(=O)NCCOCCOCCOCCOCCOCCOCCN)cs1)C(C)C.CCCCN(C)CC.NC=O. The molecule has 77 heavy (non-hydrogen) atoms. The Labute approximate surface area is 468 Å². The molecule has 4 atom stereocenters. The summed E-state index contributed by atoms with van der Waals surface area (Å²) in [7, 11) is 2.16. The summed E-state index contributed by atoms with van der Waals surface area (Å²) in [6, 6.07) is 6.39. The molecule has 2 rings (SSSR count). The quantitative estimate of drug-likeness (QED) is 0.0317.